The van der Waals surface area contributed by atoms with Crippen molar-refractivity contribution in [2.75, 3.05) is 11.9 Å². The number of hydrogen-bond donors (Lipinski definition) is 2. The topological polar surface area (TPSA) is 45.1 Å². The largest absolute Gasteiger partial charge is 0.396 e. The molecule has 3 nitrogen and oxygen atoms in total. The second-order valence-corrected chi connectivity index (χ2v) is 3.73. The molecule has 0 amide bonds. The quantitative estimate of drug-likeness (QED) is 0.754. The van der Waals surface area contributed by atoms with Crippen molar-refractivity contribution >= 4 is 5.82 Å². The molecule has 0 bridgehead atoms. The summed E-state index contributed by atoms with van der Waals surface area (Å²) in [5, 5.41) is 12.3. The van der Waals surface area contributed by atoms with Crippen LogP contribution in [0.3, 0.4) is 0 Å². The predicted molar refractivity (Wildman–Crippen MR) is 58.3 cm³/mol. The van der Waals surface area contributed by atoms with Crippen LogP contribution in [0.4, 0.5) is 5.82 Å². The van der Waals surface area contributed by atoms with E-state index in [1.165, 1.54) is 0 Å². The molecule has 1 unspecified atom stereocenters. The van der Waals surface area contributed by atoms with Crippen LogP contribution in [0.15, 0.2) is 24.4 Å². The van der Waals surface area contributed by atoms with Crippen LogP contribution in [0.25, 0.3) is 0 Å². The maximum absolute atomic E-state index is 8.95. The molecule has 2 N–H and O–H groups in total. The van der Waals surface area contributed by atoms with Gasteiger partial charge in [0.15, 0.2) is 0 Å². The van der Waals surface area contributed by atoms with Crippen LogP contribution in [0, 0.1) is 0 Å². The SMILES string of the molecule is CCC(C)(CCO)Nc1ccccn1. The van der Waals surface area contributed by atoms with Gasteiger partial charge in [0.1, 0.15) is 5.82 Å². The Morgan fingerprint density at radius 3 is 2.79 bits per heavy atom. The highest BCUT2D eigenvalue weighted by Crippen LogP contribution is 2.19. The smallest absolute Gasteiger partial charge is 0.126 e. The van der Waals surface area contributed by atoms with Crippen molar-refractivity contribution in [2.24, 2.45) is 0 Å². The van der Waals surface area contributed by atoms with Crippen LogP contribution in [0.1, 0.15) is 26.7 Å². The third-order valence-electron chi connectivity index (χ3n) is 2.54. The van der Waals surface area contributed by atoms with E-state index in [0.29, 0.717) is 0 Å². The number of aliphatic hydroxyl groups excluding tert-OH is 1. The Labute approximate surface area is 85.2 Å². The summed E-state index contributed by atoms with van der Waals surface area (Å²) >= 11 is 0. The molecular formula is C11H18N2O. The molecule has 0 saturated heterocycles. The van der Waals surface area contributed by atoms with Crippen LogP contribution in [0.5, 0.6) is 0 Å². The van der Waals surface area contributed by atoms with Crippen LogP contribution >= 0.6 is 0 Å². The number of nitrogens with one attached hydrogen (secondary N) is 1. The minimum Gasteiger partial charge on any atom is -0.396 e. The second-order valence-electron chi connectivity index (χ2n) is 3.73. The fourth-order valence-electron chi connectivity index (χ4n) is 1.32. The molecule has 3 heteroatoms. The first-order valence-corrected chi connectivity index (χ1v) is 5.00. The monoisotopic (exact) mass is 194 g/mol. The maximum Gasteiger partial charge on any atom is 0.126 e. The number of anilines is 1. The van der Waals surface area contributed by atoms with Crippen LogP contribution in [-0.4, -0.2) is 22.2 Å². The lowest BCUT2D eigenvalue weighted by atomic mass is 9.95. The van der Waals surface area contributed by atoms with E-state index in [-0.39, 0.29) is 12.1 Å². The molecular weight excluding hydrogens is 176 g/mol. The standard InChI is InChI=1S/C11H18N2O/c1-3-11(2,7-9-14)13-10-6-4-5-8-12-10/h4-6,8,14H,3,7,9H2,1-2H3,(H,12,13). The number of hydrogen-bond acceptors (Lipinski definition) is 3. The van der Waals surface area contributed by atoms with Gasteiger partial charge in [0.05, 0.1) is 0 Å². The average molecular weight is 194 g/mol. The Morgan fingerprint density at radius 1 is 1.50 bits per heavy atom. The highest BCUT2D eigenvalue weighted by atomic mass is 16.3. The van der Waals surface area contributed by atoms with E-state index >= 15 is 0 Å². The molecule has 0 saturated carbocycles. The molecule has 0 spiro atoms. The average Bonchev–Trinajstić information content (AvgIpc) is 2.20. The lowest BCUT2D eigenvalue weighted by Gasteiger charge is -2.29. The van der Waals surface area contributed by atoms with Gasteiger partial charge in [-0.1, -0.05) is 13.0 Å². The third kappa shape index (κ3) is 3.00. The van der Waals surface area contributed by atoms with Gasteiger partial charge in [-0.05, 0) is 31.9 Å². The van der Waals surface area contributed by atoms with Crippen molar-refractivity contribution in [1.29, 1.82) is 0 Å². The zero-order valence-corrected chi connectivity index (χ0v) is 8.83. The summed E-state index contributed by atoms with van der Waals surface area (Å²) < 4.78 is 0. The lowest BCUT2D eigenvalue weighted by molar-refractivity contribution is 0.252. The van der Waals surface area contributed by atoms with Gasteiger partial charge in [0.25, 0.3) is 0 Å². The van der Waals surface area contributed by atoms with Crippen LogP contribution < -0.4 is 5.32 Å². The van der Waals surface area contributed by atoms with Crippen LogP contribution in [-0.2, 0) is 0 Å². The molecule has 0 radical (unpaired) electrons. The second kappa shape index (κ2) is 4.96. The molecule has 1 aromatic heterocycles. The molecule has 14 heavy (non-hydrogen) atoms. The Balaban J connectivity index is 2.65. The molecule has 78 valence electrons. The van der Waals surface area contributed by atoms with Crippen molar-refractivity contribution in [1.82, 2.24) is 4.98 Å². The third-order valence-corrected chi connectivity index (χ3v) is 2.54. The summed E-state index contributed by atoms with van der Waals surface area (Å²) in [4.78, 5) is 4.20. The zero-order chi connectivity index (χ0) is 10.4. The summed E-state index contributed by atoms with van der Waals surface area (Å²) in [6.45, 7) is 4.40. The fraction of sp³-hybridized carbons (Fsp3) is 0.545. The Hall–Kier alpha value is -1.09. The number of aliphatic hydroxyl groups is 1. The van der Waals surface area contributed by atoms with Gasteiger partial charge in [0, 0.05) is 18.3 Å². The minimum atomic E-state index is -0.0664. The van der Waals surface area contributed by atoms with E-state index in [1.807, 2.05) is 18.2 Å². The first kappa shape index (κ1) is 11.0. The van der Waals surface area contributed by atoms with Gasteiger partial charge >= 0.3 is 0 Å². The van der Waals surface area contributed by atoms with Crippen molar-refractivity contribution in [3.63, 3.8) is 0 Å². The highest BCUT2D eigenvalue weighted by molar-refractivity contribution is 5.36. The number of aromatic nitrogens is 1. The minimum absolute atomic E-state index is 0.0664. The highest BCUT2D eigenvalue weighted by Gasteiger charge is 2.20. The molecule has 0 aliphatic carbocycles. The van der Waals surface area contributed by atoms with Gasteiger partial charge in [0.2, 0.25) is 0 Å². The van der Waals surface area contributed by atoms with E-state index in [9.17, 15) is 0 Å². The van der Waals surface area contributed by atoms with Gasteiger partial charge in [-0.15, -0.1) is 0 Å². The summed E-state index contributed by atoms with van der Waals surface area (Å²) in [5.41, 5.74) is -0.0664. The molecule has 1 aromatic rings. The van der Waals surface area contributed by atoms with E-state index in [1.54, 1.807) is 6.20 Å². The molecule has 0 fully saturated rings. The first-order valence-electron chi connectivity index (χ1n) is 5.00. The summed E-state index contributed by atoms with van der Waals surface area (Å²) in [5.74, 6) is 0.866. The van der Waals surface area contributed by atoms with Crippen molar-refractivity contribution in [3.05, 3.63) is 24.4 Å². The molecule has 0 aromatic carbocycles. The lowest BCUT2D eigenvalue weighted by Crippen LogP contribution is -2.35. The van der Waals surface area contributed by atoms with E-state index in [4.69, 9.17) is 5.11 Å². The number of pyridine rings is 1. The fourth-order valence-corrected chi connectivity index (χ4v) is 1.32. The summed E-state index contributed by atoms with van der Waals surface area (Å²) in [6.07, 6.45) is 3.46. The van der Waals surface area contributed by atoms with Crippen molar-refractivity contribution < 1.29 is 5.11 Å². The summed E-state index contributed by atoms with van der Waals surface area (Å²) in [7, 11) is 0. The molecule has 1 heterocycles. The summed E-state index contributed by atoms with van der Waals surface area (Å²) in [6, 6.07) is 5.77. The predicted octanol–water partition coefficient (Wildman–Crippen LogP) is 2.04. The maximum atomic E-state index is 8.95. The number of nitrogens with zero attached hydrogens (tertiary/aromatic N) is 1. The molecule has 0 aliphatic heterocycles. The van der Waals surface area contributed by atoms with Crippen molar-refractivity contribution in [3.8, 4) is 0 Å². The number of rotatable bonds is 5. The van der Waals surface area contributed by atoms with Gasteiger partial charge < -0.3 is 10.4 Å². The van der Waals surface area contributed by atoms with Crippen LogP contribution in [0.2, 0.25) is 0 Å². The Morgan fingerprint density at radius 2 is 2.29 bits per heavy atom. The van der Waals surface area contributed by atoms with E-state index < -0.39 is 0 Å². The Kier molecular flexibility index (Phi) is 3.89. The zero-order valence-electron chi connectivity index (χ0n) is 8.83. The van der Waals surface area contributed by atoms with Crippen molar-refractivity contribution in [2.45, 2.75) is 32.2 Å². The van der Waals surface area contributed by atoms with Gasteiger partial charge in [-0.25, -0.2) is 4.98 Å². The molecule has 0 aliphatic rings. The molecule has 1 atom stereocenters. The first-order chi connectivity index (χ1) is 6.70. The Bertz CT molecular complexity index is 263. The van der Waals surface area contributed by atoms with E-state index in [2.05, 4.69) is 24.1 Å². The van der Waals surface area contributed by atoms with Gasteiger partial charge in [-0.3, -0.25) is 0 Å². The molecule has 1 rings (SSSR count). The van der Waals surface area contributed by atoms with Gasteiger partial charge in [-0.2, -0.15) is 0 Å². The van der Waals surface area contributed by atoms with E-state index in [0.717, 1.165) is 18.7 Å². The normalized spacial score (nSPS) is 14.8.